The number of halogens is 5. The number of aromatic nitrogens is 3. The van der Waals surface area contributed by atoms with Gasteiger partial charge in [-0.2, -0.15) is 27.1 Å². The van der Waals surface area contributed by atoms with Gasteiger partial charge in [0.1, 0.15) is 5.69 Å². The standard InChI is InChI=1S/C18H15F5N4O/c1-9-4-5-10(2)12(6-9)25-16(28)13-8-15-24-11(3)7-14(27(15)26-13)17(19,20)18(21,22)23/h4-8H,1-3H3,(H,25,28). The monoisotopic (exact) mass is 398 g/mol. The minimum Gasteiger partial charge on any atom is -0.320 e. The number of hydrogen-bond donors (Lipinski definition) is 1. The van der Waals surface area contributed by atoms with Crippen molar-refractivity contribution in [2.45, 2.75) is 32.9 Å². The molecule has 0 saturated carbocycles. The quantitative estimate of drug-likeness (QED) is 0.658. The molecule has 0 aliphatic heterocycles. The lowest BCUT2D eigenvalue weighted by Gasteiger charge is -2.20. The van der Waals surface area contributed by atoms with Crippen LogP contribution in [-0.4, -0.2) is 26.7 Å². The van der Waals surface area contributed by atoms with Gasteiger partial charge in [0.25, 0.3) is 5.91 Å². The summed E-state index contributed by atoms with van der Waals surface area (Å²) in [7, 11) is 0. The normalized spacial score (nSPS) is 12.4. The molecule has 2 aromatic heterocycles. The lowest BCUT2D eigenvalue weighted by atomic mass is 10.1. The van der Waals surface area contributed by atoms with Crippen LogP contribution in [0.3, 0.4) is 0 Å². The van der Waals surface area contributed by atoms with E-state index in [0.717, 1.165) is 17.2 Å². The third kappa shape index (κ3) is 3.41. The third-order valence-corrected chi connectivity index (χ3v) is 4.11. The zero-order valence-electron chi connectivity index (χ0n) is 15.0. The Morgan fingerprint density at radius 1 is 1.04 bits per heavy atom. The zero-order valence-corrected chi connectivity index (χ0v) is 15.0. The van der Waals surface area contributed by atoms with Gasteiger partial charge in [0.15, 0.2) is 11.3 Å². The summed E-state index contributed by atoms with van der Waals surface area (Å²) in [5.74, 6) is -5.91. The van der Waals surface area contributed by atoms with E-state index in [4.69, 9.17) is 0 Å². The molecule has 1 aromatic carbocycles. The average Bonchev–Trinajstić information content (AvgIpc) is 3.00. The lowest BCUT2D eigenvalue weighted by molar-refractivity contribution is -0.291. The van der Waals surface area contributed by atoms with Gasteiger partial charge in [0.05, 0.1) is 0 Å². The molecule has 0 radical (unpaired) electrons. The van der Waals surface area contributed by atoms with Crippen LogP contribution in [0.25, 0.3) is 5.65 Å². The number of benzene rings is 1. The van der Waals surface area contributed by atoms with Gasteiger partial charge in [-0.15, -0.1) is 0 Å². The molecule has 0 saturated heterocycles. The van der Waals surface area contributed by atoms with E-state index in [9.17, 15) is 26.7 Å². The number of amides is 1. The summed E-state index contributed by atoms with van der Waals surface area (Å²) >= 11 is 0. The third-order valence-electron chi connectivity index (χ3n) is 4.11. The molecule has 5 nitrogen and oxygen atoms in total. The van der Waals surface area contributed by atoms with Gasteiger partial charge in [-0.05, 0) is 44.0 Å². The molecule has 0 spiro atoms. The largest absolute Gasteiger partial charge is 0.459 e. The molecule has 10 heteroatoms. The number of aryl methyl sites for hydroxylation is 3. The van der Waals surface area contributed by atoms with E-state index in [0.29, 0.717) is 16.3 Å². The SMILES string of the molecule is Cc1ccc(C)c(NC(=O)c2cc3nc(C)cc(C(F)(F)C(F)(F)F)n3n2)c1. The van der Waals surface area contributed by atoms with Gasteiger partial charge in [0, 0.05) is 17.4 Å². The molecule has 3 rings (SSSR count). The summed E-state index contributed by atoms with van der Waals surface area (Å²) in [6.07, 6.45) is -5.82. The minimum absolute atomic E-state index is 0.0622. The Bertz CT molecular complexity index is 1070. The number of rotatable bonds is 3. The maximum absolute atomic E-state index is 13.9. The summed E-state index contributed by atoms with van der Waals surface area (Å²) in [4.78, 5) is 16.4. The molecule has 0 atom stereocenters. The van der Waals surface area contributed by atoms with Crippen LogP contribution in [0.5, 0.6) is 0 Å². The number of carbonyl (C=O) groups is 1. The summed E-state index contributed by atoms with van der Waals surface area (Å²) in [6, 6.07) is 6.98. The van der Waals surface area contributed by atoms with Gasteiger partial charge in [-0.1, -0.05) is 12.1 Å². The summed E-state index contributed by atoms with van der Waals surface area (Å²) in [5.41, 5.74) is 0.0117. The lowest BCUT2D eigenvalue weighted by Crippen LogP contribution is -2.36. The predicted octanol–water partition coefficient (Wildman–Crippen LogP) is 4.56. The highest BCUT2D eigenvalue weighted by Crippen LogP contribution is 2.43. The van der Waals surface area contributed by atoms with Crippen molar-refractivity contribution < 1.29 is 26.7 Å². The molecule has 0 aliphatic rings. The molecule has 0 fully saturated rings. The number of nitrogens with zero attached hydrogens (tertiary/aromatic N) is 3. The first kappa shape index (κ1) is 19.7. The Morgan fingerprint density at radius 3 is 2.36 bits per heavy atom. The Labute approximate surface area is 156 Å². The van der Waals surface area contributed by atoms with Gasteiger partial charge >= 0.3 is 12.1 Å². The smallest absolute Gasteiger partial charge is 0.320 e. The van der Waals surface area contributed by atoms with Crippen LogP contribution >= 0.6 is 0 Å². The first-order valence-electron chi connectivity index (χ1n) is 8.11. The van der Waals surface area contributed by atoms with Crippen LogP contribution in [-0.2, 0) is 5.92 Å². The van der Waals surface area contributed by atoms with Crippen molar-refractivity contribution >= 4 is 17.2 Å². The van der Waals surface area contributed by atoms with Crippen molar-refractivity contribution in [3.8, 4) is 0 Å². The van der Waals surface area contributed by atoms with Crippen LogP contribution in [0, 0.1) is 20.8 Å². The summed E-state index contributed by atoms with van der Waals surface area (Å²) in [5, 5.41) is 6.22. The summed E-state index contributed by atoms with van der Waals surface area (Å²) < 4.78 is 66.6. The highest BCUT2D eigenvalue weighted by molar-refractivity contribution is 6.03. The highest BCUT2D eigenvalue weighted by Gasteiger charge is 2.60. The Balaban J connectivity index is 2.06. The van der Waals surface area contributed by atoms with E-state index in [1.54, 1.807) is 19.1 Å². The van der Waals surface area contributed by atoms with Crippen LogP contribution < -0.4 is 5.32 Å². The van der Waals surface area contributed by atoms with E-state index in [-0.39, 0.29) is 17.0 Å². The molecule has 0 bridgehead atoms. The van der Waals surface area contributed by atoms with E-state index >= 15 is 0 Å². The molecule has 1 amide bonds. The molecular formula is C18H15F5N4O. The minimum atomic E-state index is -5.82. The Hall–Kier alpha value is -3.04. The maximum atomic E-state index is 13.9. The Kier molecular flexibility index (Phi) is 4.60. The maximum Gasteiger partial charge on any atom is 0.459 e. The van der Waals surface area contributed by atoms with E-state index < -0.39 is 23.7 Å². The van der Waals surface area contributed by atoms with Gasteiger partial charge in [-0.3, -0.25) is 4.79 Å². The average molecular weight is 398 g/mol. The number of nitrogens with one attached hydrogen (secondary N) is 1. The fourth-order valence-electron chi connectivity index (χ4n) is 2.64. The molecule has 3 aromatic rings. The van der Waals surface area contributed by atoms with Crippen molar-refractivity contribution in [3.63, 3.8) is 0 Å². The fourth-order valence-corrected chi connectivity index (χ4v) is 2.64. The second kappa shape index (κ2) is 6.54. The van der Waals surface area contributed by atoms with E-state index in [1.165, 1.54) is 6.92 Å². The topological polar surface area (TPSA) is 59.3 Å². The van der Waals surface area contributed by atoms with Crippen LogP contribution in [0.4, 0.5) is 27.6 Å². The van der Waals surface area contributed by atoms with E-state index in [2.05, 4.69) is 15.4 Å². The van der Waals surface area contributed by atoms with Crippen molar-refractivity contribution in [2.24, 2.45) is 0 Å². The summed E-state index contributed by atoms with van der Waals surface area (Å²) in [6.45, 7) is 4.85. The van der Waals surface area contributed by atoms with Crippen molar-refractivity contribution in [1.82, 2.24) is 14.6 Å². The van der Waals surface area contributed by atoms with Crippen molar-refractivity contribution in [2.75, 3.05) is 5.32 Å². The van der Waals surface area contributed by atoms with Gasteiger partial charge in [-0.25, -0.2) is 9.50 Å². The number of anilines is 1. The molecule has 1 N–H and O–H groups in total. The van der Waals surface area contributed by atoms with Crippen molar-refractivity contribution in [3.05, 3.63) is 58.5 Å². The highest BCUT2D eigenvalue weighted by atomic mass is 19.4. The van der Waals surface area contributed by atoms with Crippen LogP contribution in [0.1, 0.15) is 33.0 Å². The van der Waals surface area contributed by atoms with Crippen molar-refractivity contribution in [1.29, 1.82) is 0 Å². The second-order valence-electron chi connectivity index (χ2n) is 6.43. The Morgan fingerprint density at radius 2 is 1.71 bits per heavy atom. The molecule has 0 unspecified atom stereocenters. The molecule has 2 heterocycles. The first-order chi connectivity index (χ1) is 12.9. The predicted molar refractivity (Wildman–Crippen MR) is 91.5 cm³/mol. The van der Waals surface area contributed by atoms with E-state index in [1.807, 2.05) is 13.0 Å². The number of fused-ring (bicyclic) bond motifs is 1. The van der Waals surface area contributed by atoms with Crippen LogP contribution in [0.2, 0.25) is 0 Å². The molecular weight excluding hydrogens is 383 g/mol. The number of carbonyl (C=O) groups excluding carboxylic acids is 1. The van der Waals surface area contributed by atoms with Crippen LogP contribution in [0.15, 0.2) is 30.3 Å². The molecule has 0 aliphatic carbocycles. The molecule has 148 valence electrons. The first-order valence-corrected chi connectivity index (χ1v) is 8.11. The number of hydrogen-bond acceptors (Lipinski definition) is 3. The number of alkyl halides is 5. The fraction of sp³-hybridized carbons (Fsp3) is 0.278. The molecule has 28 heavy (non-hydrogen) atoms. The van der Waals surface area contributed by atoms with Gasteiger partial charge < -0.3 is 5.32 Å². The second-order valence-corrected chi connectivity index (χ2v) is 6.43. The zero-order chi connectivity index (χ0) is 20.9. The van der Waals surface area contributed by atoms with Gasteiger partial charge in [0.2, 0.25) is 0 Å².